The standard InChI is InChI=1S/C15H16Br2FNS/c1-2-5-19-14(9-13-3-4-15(17)20-13)10-6-11(16)8-12(18)7-10/h3-4,6-8,14,19H,2,5,9H2,1H3. The fraction of sp³-hybridized carbons (Fsp3) is 0.333. The highest BCUT2D eigenvalue weighted by Gasteiger charge is 2.14. The van der Waals surface area contributed by atoms with Gasteiger partial charge in [0.2, 0.25) is 0 Å². The Bertz CT molecular complexity index is 551. The maximum absolute atomic E-state index is 13.6. The number of thiophene rings is 1. The normalized spacial score (nSPS) is 12.6. The molecule has 5 heteroatoms. The lowest BCUT2D eigenvalue weighted by Crippen LogP contribution is -2.24. The minimum Gasteiger partial charge on any atom is -0.310 e. The average Bonchev–Trinajstić information content (AvgIpc) is 2.79. The maximum atomic E-state index is 13.6. The number of benzene rings is 1. The smallest absolute Gasteiger partial charge is 0.124 e. The SMILES string of the molecule is CCCNC(Cc1ccc(Br)s1)c1cc(F)cc(Br)c1. The van der Waals surface area contributed by atoms with Crippen LogP contribution in [0.15, 0.2) is 38.6 Å². The predicted molar refractivity (Wildman–Crippen MR) is 90.9 cm³/mol. The number of nitrogens with one attached hydrogen (secondary N) is 1. The molecule has 0 radical (unpaired) electrons. The van der Waals surface area contributed by atoms with Crippen LogP contribution in [0.1, 0.15) is 29.8 Å². The first-order valence-electron chi connectivity index (χ1n) is 6.52. The molecule has 108 valence electrons. The summed E-state index contributed by atoms with van der Waals surface area (Å²) < 4.78 is 15.5. The fourth-order valence-corrected chi connectivity index (χ4v) is 4.08. The lowest BCUT2D eigenvalue weighted by molar-refractivity contribution is 0.526. The van der Waals surface area contributed by atoms with Gasteiger partial charge in [-0.1, -0.05) is 22.9 Å². The predicted octanol–water partition coefficient (Wildman–Crippen LogP) is 5.70. The van der Waals surface area contributed by atoms with Crippen molar-refractivity contribution >= 4 is 43.2 Å². The Morgan fingerprint density at radius 2 is 2.05 bits per heavy atom. The van der Waals surface area contributed by atoms with Crippen LogP contribution in [0.2, 0.25) is 0 Å². The first kappa shape index (κ1) is 16.1. The summed E-state index contributed by atoms with van der Waals surface area (Å²) in [7, 11) is 0. The van der Waals surface area contributed by atoms with Crippen LogP contribution in [0.25, 0.3) is 0 Å². The zero-order valence-electron chi connectivity index (χ0n) is 11.1. The van der Waals surface area contributed by atoms with E-state index < -0.39 is 0 Å². The molecule has 0 bridgehead atoms. The van der Waals surface area contributed by atoms with Crippen LogP contribution in [-0.2, 0) is 6.42 Å². The third-order valence-electron chi connectivity index (χ3n) is 2.96. The largest absolute Gasteiger partial charge is 0.310 e. The topological polar surface area (TPSA) is 12.0 Å². The maximum Gasteiger partial charge on any atom is 0.124 e. The van der Waals surface area contributed by atoms with Crippen LogP contribution in [0.3, 0.4) is 0 Å². The van der Waals surface area contributed by atoms with E-state index in [0.29, 0.717) is 0 Å². The Balaban J connectivity index is 2.21. The second-order valence-electron chi connectivity index (χ2n) is 4.62. The molecule has 0 saturated carbocycles. The Morgan fingerprint density at radius 3 is 2.65 bits per heavy atom. The summed E-state index contributed by atoms with van der Waals surface area (Å²) in [4.78, 5) is 1.28. The highest BCUT2D eigenvalue weighted by atomic mass is 79.9. The van der Waals surface area contributed by atoms with Crippen molar-refractivity contribution in [3.63, 3.8) is 0 Å². The molecular weight excluding hydrogens is 405 g/mol. The second-order valence-corrected chi connectivity index (χ2v) is 8.08. The summed E-state index contributed by atoms with van der Waals surface area (Å²) in [5.74, 6) is -0.204. The molecule has 1 heterocycles. The van der Waals surface area contributed by atoms with Crippen LogP contribution in [0, 0.1) is 5.82 Å². The van der Waals surface area contributed by atoms with E-state index in [1.165, 1.54) is 10.9 Å². The monoisotopic (exact) mass is 419 g/mol. The van der Waals surface area contributed by atoms with Crippen molar-refractivity contribution in [2.45, 2.75) is 25.8 Å². The Morgan fingerprint density at radius 1 is 1.25 bits per heavy atom. The van der Waals surface area contributed by atoms with Crippen molar-refractivity contribution < 1.29 is 4.39 Å². The summed E-state index contributed by atoms with van der Waals surface area (Å²) in [6, 6.07) is 9.39. The molecule has 0 aliphatic heterocycles. The molecule has 1 unspecified atom stereocenters. The van der Waals surface area contributed by atoms with Gasteiger partial charge in [-0.15, -0.1) is 11.3 Å². The number of hydrogen-bond donors (Lipinski definition) is 1. The minimum absolute atomic E-state index is 0.132. The van der Waals surface area contributed by atoms with Crippen molar-refractivity contribution in [2.75, 3.05) is 6.54 Å². The minimum atomic E-state index is -0.204. The summed E-state index contributed by atoms with van der Waals surface area (Å²) >= 11 is 8.57. The quantitative estimate of drug-likeness (QED) is 0.632. The molecule has 20 heavy (non-hydrogen) atoms. The fourth-order valence-electron chi connectivity index (χ4n) is 2.07. The van der Waals surface area contributed by atoms with Gasteiger partial charge in [0.25, 0.3) is 0 Å². The molecule has 0 amide bonds. The van der Waals surface area contributed by atoms with Crippen molar-refractivity contribution in [2.24, 2.45) is 0 Å². The van der Waals surface area contributed by atoms with Gasteiger partial charge in [-0.2, -0.15) is 0 Å². The highest BCUT2D eigenvalue weighted by Crippen LogP contribution is 2.28. The van der Waals surface area contributed by atoms with E-state index in [1.54, 1.807) is 17.4 Å². The lowest BCUT2D eigenvalue weighted by atomic mass is 10.0. The van der Waals surface area contributed by atoms with Crippen LogP contribution >= 0.6 is 43.2 Å². The second kappa shape index (κ2) is 7.69. The summed E-state index contributed by atoms with van der Waals surface area (Å²) in [6.45, 7) is 3.05. The molecule has 1 aromatic heterocycles. The van der Waals surface area contributed by atoms with Crippen LogP contribution in [0.5, 0.6) is 0 Å². The molecule has 1 nitrogen and oxygen atoms in total. The molecule has 1 aromatic carbocycles. The van der Waals surface area contributed by atoms with E-state index in [0.717, 1.165) is 33.2 Å². The Hall–Kier alpha value is -0.230. The first-order chi connectivity index (χ1) is 9.58. The van der Waals surface area contributed by atoms with E-state index >= 15 is 0 Å². The first-order valence-corrected chi connectivity index (χ1v) is 8.92. The van der Waals surface area contributed by atoms with Crippen molar-refractivity contribution in [1.82, 2.24) is 5.32 Å². The zero-order chi connectivity index (χ0) is 14.5. The summed E-state index contributed by atoms with van der Waals surface area (Å²) in [5.41, 5.74) is 0.981. The Labute approximate surface area is 139 Å². The third-order valence-corrected chi connectivity index (χ3v) is 5.07. The third kappa shape index (κ3) is 4.65. The van der Waals surface area contributed by atoms with Gasteiger partial charge >= 0.3 is 0 Å². The van der Waals surface area contributed by atoms with Crippen LogP contribution in [0.4, 0.5) is 4.39 Å². The molecule has 0 aliphatic carbocycles. The summed E-state index contributed by atoms with van der Waals surface area (Å²) in [5, 5.41) is 3.50. The van der Waals surface area contributed by atoms with E-state index in [4.69, 9.17) is 0 Å². The van der Waals surface area contributed by atoms with E-state index in [1.807, 2.05) is 6.07 Å². The van der Waals surface area contributed by atoms with Crippen LogP contribution < -0.4 is 5.32 Å². The molecule has 1 N–H and O–H groups in total. The van der Waals surface area contributed by atoms with Gasteiger partial charge in [0.1, 0.15) is 5.82 Å². The van der Waals surface area contributed by atoms with E-state index in [-0.39, 0.29) is 11.9 Å². The van der Waals surface area contributed by atoms with Crippen molar-refractivity contribution in [3.8, 4) is 0 Å². The summed E-state index contributed by atoms with van der Waals surface area (Å²) in [6.07, 6.45) is 1.92. The Kier molecular flexibility index (Phi) is 6.20. The molecular formula is C15H16Br2FNS. The number of hydrogen-bond acceptors (Lipinski definition) is 2. The highest BCUT2D eigenvalue weighted by molar-refractivity contribution is 9.11. The number of halogens is 3. The zero-order valence-corrected chi connectivity index (χ0v) is 15.1. The molecule has 0 saturated heterocycles. The molecule has 2 rings (SSSR count). The van der Waals surface area contributed by atoms with Gasteiger partial charge in [-0.3, -0.25) is 0 Å². The van der Waals surface area contributed by atoms with Gasteiger partial charge in [-0.25, -0.2) is 4.39 Å². The van der Waals surface area contributed by atoms with Crippen LogP contribution in [-0.4, -0.2) is 6.54 Å². The molecule has 0 spiro atoms. The van der Waals surface area contributed by atoms with Crippen molar-refractivity contribution in [3.05, 3.63) is 54.8 Å². The van der Waals surface area contributed by atoms with Crippen molar-refractivity contribution in [1.29, 1.82) is 0 Å². The lowest BCUT2D eigenvalue weighted by Gasteiger charge is -2.19. The number of rotatable bonds is 6. The molecule has 0 fully saturated rings. The van der Waals surface area contributed by atoms with E-state index in [2.05, 4.69) is 56.2 Å². The van der Waals surface area contributed by atoms with Gasteiger partial charge in [-0.05, 0) is 64.8 Å². The van der Waals surface area contributed by atoms with Gasteiger partial charge < -0.3 is 5.32 Å². The molecule has 1 atom stereocenters. The van der Waals surface area contributed by atoms with Gasteiger partial charge in [0, 0.05) is 21.8 Å². The molecule has 0 aliphatic rings. The average molecular weight is 421 g/mol. The van der Waals surface area contributed by atoms with Gasteiger partial charge in [0.15, 0.2) is 0 Å². The van der Waals surface area contributed by atoms with Gasteiger partial charge in [0.05, 0.1) is 3.79 Å². The molecule has 2 aromatic rings. The van der Waals surface area contributed by atoms with E-state index in [9.17, 15) is 4.39 Å².